The molecule has 1 aromatic heterocycles. The number of anilines is 1. The van der Waals surface area contributed by atoms with Crippen LogP contribution in [-0.4, -0.2) is 60.2 Å². The Bertz CT molecular complexity index is 370. The molecule has 1 aromatic rings. The molecule has 0 saturated heterocycles. The van der Waals surface area contributed by atoms with E-state index in [1.165, 1.54) is 12.4 Å². The summed E-state index contributed by atoms with van der Waals surface area (Å²) in [5.74, 6) is 0.390. The van der Waals surface area contributed by atoms with E-state index >= 15 is 0 Å². The molecule has 1 rings (SSSR count). The van der Waals surface area contributed by atoms with Gasteiger partial charge in [-0.1, -0.05) is 0 Å². The normalized spacial score (nSPS) is 10.6. The molecule has 8 nitrogen and oxygen atoms in total. The van der Waals surface area contributed by atoms with Crippen molar-refractivity contribution in [2.45, 2.75) is 0 Å². The topological polar surface area (TPSA) is 93.4 Å². The van der Waals surface area contributed by atoms with Crippen molar-refractivity contribution in [3.05, 3.63) is 22.5 Å². The van der Waals surface area contributed by atoms with Gasteiger partial charge in [0.05, 0.1) is 11.5 Å². The van der Waals surface area contributed by atoms with Crippen molar-refractivity contribution >= 4 is 11.6 Å². The lowest BCUT2D eigenvalue weighted by Gasteiger charge is -2.15. The predicted octanol–water partition coefficient (Wildman–Crippen LogP) is 0.375. The van der Waals surface area contributed by atoms with Crippen LogP contribution in [0.3, 0.4) is 0 Å². The maximum Gasteiger partial charge on any atom is 0.305 e. The number of hydrogen-bond acceptors (Lipinski definition) is 7. The fourth-order valence-electron chi connectivity index (χ4n) is 1.22. The van der Waals surface area contributed by atoms with Crippen molar-refractivity contribution in [1.29, 1.82) is 0 Å². The molecule has 0 bridgehead atoms. The van der Waals surface area contributed by atoms with Gasteiger partial charge in [-0.05, 0) is 7.05 Å². The molecule has 0 fully saturated rings. The van der Waals surface area contributed by atoms with Gasteiger partial charge in [-0.15, -0.1) is 0 Å². The molecule has 0 aliphatic carbocycles. The van der Waals surface area contributed by atoms with Crippen LogP contribution in [0.15, 0.2) is 12.4 Å². The smallest absolute Gasteiger partial charge is 0.305 e. The van der Waals surface area contributed by atoms with Crippen LogP contribution in [0, 0.1) is 10.1 Å². The van der Waals surface area contributed by atoms with Crippen LogP contribution < -0.4 is 5.32 Å². The Balaban J connectivity index is 2.29. The first-order valence-corrected chi connectivity index (χ1v) is 5.51. The zero-order valence-electron chi connectivity index (χ0n) is 10.5. The Morgan fingerprint density at radius 2 is 2.11 bits per heavy atom. The number of likely N-dealkylation sites (N-methyl/N-ethyl adjacent to an activating group) is 1. The average molecular weight is 255 g/mol. The summed E-state index contributed by atoms with van der Waals surface area (Å²) in [5.41, 5.74) is -0.113. The van der Waals surface area contributed by atoms with Gasteiger partial charge < -0.3 is 15.0 Å². The number of ether oxygens (including phenoxy) is 1. The maximum absolute atomic E-state index is 10.4. The van der Waals surface area contributed by atoms with Crippen molar-refractivity contribution in [3.63, 3.8) is 0 Å². The number of aromatic nitrogens is 2. The second-order valence-corrected chi connectivity index (χ2v) is 3.74. The van der Waals surface area contributed by atoms with Crippen molar-refractivity contribution in [3.8, 4) is 0 Å². The molecule has 1 N–H and O–H groups in total. The molecule has 0 atom stereocenters. The number of nitrogens with zero attached hydrogens (tertiary/aromatic N) is 4. The minimum Gasteiger partial charge on any atom is -0.383 e. The van der Waals surface area contributed by atoms with E-state index in [1.54, 1.807) is 7.11 Å². The highest BCUT2D eigenvalue weighted by Gasteiger charge is 2.06. The fourth-order valence-corrected chi connectivity index (χ4v) is 1.22. The Morgan fingerprint density at radius 1 is 1.44 bits per heavy atom. The summed E-state index contributed by atoms with van der Waals surface area (Å²) in [6.45, 7) is 3.01. The molecule has 8 heteroatoms. The van der Waals surface area contributed by atoms with Gasteiger partial charge in [-0.2, -0.15) is 0 Å². The third kappa shape index (κ3) is 5.02. The van der Waals surface area contributed by atoms with Crippen molar-refractivity contribution in [2.75, 3.05) is 45.7 Å². The van der Waals surface area contributed by atoms with Gasteiger partial charge >= 0.3 is 5.69 Å². The first-order chi connectivity index (χ1) is 8.63. The Kier molecular flexibility index (Phi) is 5.95. The third-order valence-corrected chi connectivity index (χ3v) is 2.30. The van der Waals surface area contributed by atoms with Crippen LogP contribution in [0.2, 0.25) is 0 Å². The number of hydrogen-bond donors (Lipinski definition) is 1. The second-order valence-electron chi connectivity index (χ2n) is 3.74. The van der Waals surface area contributed by atoms with Gasteiger partial charge in [0, 0.05) is 26.7 Å². The molecule has 18 heavy (non-hydrogen) atoms. The Morgan fingerprint density at radius 3 is 2.67 bits per heavy atom. The van der Waals surface area contributed by atoms with Crippen LogP contribution in [-0.2, 0) is 4.74 Å². The number of nitro groups is 1. The van der Waals surface area contributed by atoms with E-state index in [9.17, 15) is 10.1 Å². The zero-order chi connectivity index (χ0) is 13.4. The minimum absolute atomic E-state index is 0.113. The largest absolute Gasteiger partial charge is 0.383 e. The monoisotopic (exact) mass is 255 g/mol. The molecular weight excluding hydrogens is 238 g/mol. The summed E-state index contributed by atoms with van der Waals surface area (Å²) in [5, 5.41) is 13.4. The Labute approximate surface area is 105 Å². The van der Waals surface area contributed by atoms with Crippen LogP contribution in [0.5, 0.6) is 0 Å². The molecule has 0 radical (unpaired) electrons. The van der Waals surface area contributed by atoms with Gasteiger partial charge in [-0.3, -0.25) is 10.1 Å². The van der Waals surface area contributed by atoms with E-state index in [-0.39, 0.29) is 5.69 Å². The summed E-state index contributed by atoms with van der Waals surface area (Å²) in [6.07, 6.45) is 2.37. The molecule has 100 valence electrons. The van der Waals surface area contributed by atoms with E-state index in [1.807, 2.05) is 7.05 Å². The van der Waals surface area contributed by atoms with Crippen molar-refractivity contribution in [2.24, 2.45) is 0 Å². The molecule has 1 heterocycles. The van der Waals surface area contributed by atoms with Gasteiger partial charge in [0.1, 0.15) is 12.4 Å². The van der Waals surface area contributed by atoms with E-state index in [0.29, 0.717) is 19.1 Å². The summed E-state index contributed by atoms with van der Waals surface area (Å²) < 4.78 is 4.96. The highest BCUT2D eigenvalue weighted by Crippen LogP contribution is 2.07. The summed E-state index contributed by atoms with van der Waals surface area (Å²) in [7, 11) is 3.65. The number of methoxy groups -OCH3 is 1. The molecule has 0 aliphatic heterocycles. The Hall–Kier alpha value is -1.80. The number of rotatable bonds is 8. The highest BCUT2D eigenvalue weighted by molar-refractivity contribution is 5.30. The maximum atomic E-state index is 10.4. The molecular formula is C10H17N5O3. The first-order valence-electron chi connectivity index (χ1n) is 5.51. The lowest BCUT2D eigenvalue weighted by atomic mass is 10.5. The van der Waals surface area contributed by atoms with Gasteiger partial charge in [0.25, 0.3) is 0 Å². The lowest BCUT2D eigenvalue weighted by molar-refractivity contribution is -0.385. The van der Waals surface area contributed by atoms with Crippen LogP contribution in [0.25, 0.3) is 0 Å². The van der Waals surface area contributed by atoms with Crippen LogP contribution in [0.4, 0.5) is 11.6 Å². The van der Waals surface area contributed by atoms with Crippen molar-refractivity contribution in [1.82, 2.24) is 14.9 Å². The molecule has 0 spiro atoms. The van der Waals surface area contributed by atoms with E-state index in [4.69, 9.17) is 4.74 Å². The fraction of sp³-hybridized carbons (Fsp3) is 0.600. The second kappa shape index (κ2) is 7.51. The molecule has 0 unspecified atom stereocenters. The predicted molar refractivity (Wildman–Crippen MR) is 66.5 cm³/mol. The van der Waals surface area contributed by atoms with E-state index in [0.717, 1.165) is 13.1 Å². The molecule has 0 aromatic carbocycles. The van der Waals surface area contributed by atoms with Crippen molar-refractivity contribution < 1.29 is 9.66 Å². The molecule has 0 amide bonds. The summed E-state index contributed by atoms with van der Waals surface area (Å²) in [6, 6.07) is 0. The summed E-state index contributed by atoms with van der Waals surface area (Å²) in [4.78, 5) is 19.7. The van der Waals surface area contributed by atoms with Crippen LogP contribution >= 0.6 is 0 Å². The first kappa shape index (κ1) is 14.3. The van der Waals surface area contributed by atoms with E-state index < -0.39 is 4.92 Å². The zero-order valence-corrected chi connectivity index (χ0v) is 10.5. The van der Waals surface area contributed by atoms with Gasteiger partial charge in [0.15, 0.2) is 0 Å². The van der Waals surface area contributed by atoms with Crippen LogP contribution in [0.1, 0.15) is 0 Å². The highest BCUT2D eigenvalue weighted by atomic mass is 16.6. The minimum atomic E-state index is -0.525. The van der Waals surface area contributed by atoms with Gasteiger partial charge in [0.2, 0.25) is 5.95 Å². The van der Waals surface area contributed by atoms with E-state index in [2.05, 4.69) is 20.2 Å². The number of nitrogens with one attached hydrogen (secondary N) is 1. The average Bonchev–Trinajstić information content (AvgIpc) is 2.37. The quantitative estimate of drug-likeness (QED) is 0.530. The summed E-state index contributed by atoms with van der Waals surface area (Å²) >= 11 is 0. The third-order valence-electron chi connectivity index (χ3n) is 2.30. The molecule has 0 aliphatic rings. The SMILES string of the molecule is COCCN(C)CCNc1ncc([N+](=O)[O-])cn1. The molecule has 0 saturated carbocycles. The van der Waals surface area contributed by atoms with Gasteiger partial charge in [-0.25, -0.2) is 9.97 Å². The lowest BCUT2D eigenvalue weighted by Crippen LogP contribution is -2.28. The standard InChI is InChI=1S/C10H17N5O3/c1-14(5-6-18-2)4-3-11-10-12-7-9(8-13-10)15(16)17/h7-8H,3-6H2,1-2H3,(H,11,12,13).